The molecule has 0 saturated carbocycles. The van der Waals surface area contributed by atoms with Gasteiger partial charge in [0, 0.05) is 0 Å². The lowest BCUT2D eigenvalue weighted by Gasteiger charge is -2.29. The summed E-state index contributed by atoms with van der Waals surface area (Å²) in [5.41, 5.74) is 0.543. The Morgan fingerprint density at radius 2 is 1.59 bits per heavy atom. The van der Waals surface area contributed by atoms with E-state index < -0.39 is 7.67 Å². The molecule has 0 amide bonds. The molecule has 0 radical (unpaired) electrons. The highest BCUT2D eigenvalue weighted by atomic mass is 31.2. The molecule has 0 atom stereocenters. The molecule has 1 rings (SSSR count). The van der Waals surface area contributed by atoms with E-state index in [0.29, 0.717) is 11.3 Å². The van der Waals surface area contributed by atoms with Crippen molar-refractivity contribution in [3.8, 4) is 11.8 Å². The highest BCUT2D eigenvalue weighted by molar-refractivity contribution is 7.54. The molecule has 0 bridgehead atoms. The topological polar surface area (TPSA) is 56.6 Å². The Balaban J connectivity index is 2.96. The van der Waals surface area contributed by atoms with Gasteiger partial charge >= 0.3 is 7.67 Å². The quantitative estimate of drug-likeness (QED) is 0.770. The van der Waals surface area contributed by atoms with Crippen LogP contribution in [0.25, 0.3) is 0 Å². The molecular weight excluding hydrogens is 237 g/mol. The normalized spacial score (nSPS) is 11.6. The Kier molecular flexibility index (Phi) is 4.30. The van der Waals surface area contributed by atoms with Gasteiger partial charge in [-0.05, 0) is 52.5 Å². The number of rotatable bonds is 4. The van der Waals surface area contributed by atoms with Gasteiger partial charge in [-0.2, -0.15) is 5.26 Å². The first-order valence-electron chi connectivity index (χ1n) is 5.05. The number of nitrogens with zero attached hydrogens (tertiary/aromatic N) is 3. The first kappa shape index (κ1) is 13.7. The van der Waals surface area contributed by atoms with Gasteiger partial charge in [0.05, 0.1) is 11.6 Å². The molecule has 0 aliphatic rings. The van der Waals surface area contributed by atoms with Crippen molar-refractivity contribution in [2.75, 3.05) is 28.2 Å². The molecular formula is C11H16N3O2P. The van der Waals surface area contributed by atoms with Crippen LogP contribution in [-0.2, 0) is 4.57 Å². The molecule has 1 aromatic carbocycles. The summed E-state index contributed by atoms with van der Waals surface area (Å²) in [7, 11) is 3.77. The van der Waals surface area contributed by atoms with Gasteiger partial charge in [0.25, 0.3) is 0 Å². The van der Waals surface area contributed by atoms with E-state index in [2.05, 4.69) is 0 Å². The van der Waals surface area contributed by atoms with Gasteiger partial charge in [-0.3, -0.25) is 0 Å². The third-order valence-electron chi connectivity index (χ3n) is 2.22. The Labute approximate surface area is 102 Å². The molecule has 17 heavy (non-hydrogen) atoms. The Hall–Kier alpha value is -1.34. The van der Waals surface area contributed by atoms with Crippen molar-refractivity contribution >= 4 is 7.67 Å². The lowest BCUT2D eigenvalue weighted by Crippen LogP contribution is -2.24. The lowest BCUT2D eigenvalue weighted by molar-refractivity contribution is 0.354. The molecule has 0 saturated heterocycles. The summed E-state index contributed by atoms with van der Waals surface area (Å²) >= 11 is 0. The molecule has 0 fully saturated rings. The number of nitriles is 1. The van der Waals surface area contributed by atoms with E-state index in [-0.39, 0.29) is 0 Å². The van der Waals surface area contributed by atoms with Crippen LogP contribution in [0.15, 0.2) is 24.3 Å². The second kappa shape index (κ2) is 5.33. The van der Waals surface area contributed by atoms with Crippen LogP contribution in [0.5, 0.6) is 5.75 Å². The van der Waals surface area contributed by atoms with Crippen molar-refractivity contribution in [2.24, 2.45) is 0 Å². The smallest absolute Gasteiger partial charge is 0.394 e. The van der Waals surface area contributed by atoms with Crippen molar-refractivity contribution in [1.29, 1.82) is 5.26 Å². The Bertz CT molecular complexity index is 451. The van der Waals surface area contributed by atoms with Crippen molar-refractivity contribution < 1.29 is 9.09 Å². The Morgan fingerprint density at radius 3 is 1.94 bits per heavy atom. The third kappa shape index (κ3) is 3.07. The zero-order valence-electron chi connectivity index (χ0n) is 10.4. The van der Waals surface area contributed by atoms with E-state index in [1.807, 2.05) is 6.07 Å². The van der Waals surface area contributed by atoms with Crippen molar-refractivity contribution in [3.63, 3.8) is 0 Å². The first-order valence-corrected chi connectivity index (χ1v) is 6.58. The molecule has 0 aliphatic heterocycles. The van der Waals surface area contributed by atoms with Crippen LogP contribution in [0.2, 0.25) is 0 Å². The molecule has 0 N–H and O–H groups in total. The van der Waals surface area contributed by atoms with Crippen LogP contribution < -0.4 is 4.52 Å². The summed E-state index contributed by atoms with van der Waals surface area (Å²) in [4.78, 5) is 0. The minimum Gasteiger partial charge on any atom is -0.422 e. The van der Waals surface area contributed by atoms with Crippen LogP contribution in [0.4, 0.5) is 0 Å². The maximum Gasteiger partial charge on any atom is 0.394 e. The standard InChI is InChI=1S/C11H16N3O2P/c1-13(2)17(15,14(3)4)16-11-7-5-10(9-12)6-8-11/h5-8H,1-4H3. The highest BCUT2D eigenvalue weighted by Gasteiger charge is 2.30. The monoisotopic (exact) mass is 253 g/mol. The van der Waals surface area contributed by atoms with Crippen LogP contribution in [-0.4, -0.2) is 37.5 Å². The van der Waals surface area contributed by atoms with E-state index in [1.54, 1.807) is 61.8 Å². The second-order valence-electron chi connectivity index (χ2n) is 3.91. The fourth-order valence-electron chi connectivity index (χ4n) is 1.25. The summed E-state index contributed by atoms with van der Waals surface area (Å²) < 4.78 is 21.1. The predicted molar refractivity (Wildman–Crippen MR) is 66.8 cm³/mol. The SMILES string of the molecule is CN(C)P(=O)(Oc1ccc(C#N)cc1)N(C)C. The van der Waals surface area contributed by atoms with Gasteiger partial charge in [0.15, 0.2) is 0 Å². The average molecular weight is 253 g/mol. The number of hydrogen-bond donors (Lipinski definition) is 0. The van der Waals surface area contributed by atoms with E-state index in [0.717, 1.165) is 0 Å². The fraction of sp³-hybridized carbons (Fsp3) is 0.364. The van der Waals surface area contributed by atoms with Gasteiger partial charge in [0.1, 0.15) is 5.75 Å². The molecule has 6 heteroatoms. The van der Waals surface area contributed by atoms with Gasteiger partial charge in [-0.25, -0.2) is 13.9 Å². The van der Waals surface area contributed by atoms with Crippen molar-refractivity contribution in [3.05, 3.63) is 29.8 Å². The largest absolute Gasteiger partial charge is 0.422 e. The highest BCUT2D eigenvalue weighted by Crippen LogP contribution is 2.50. The molecule has 0 aliphatic carbocycles. The number of benzene rings is 1. The van der Waals surface area contributed by atoms with E-state index >= 15 is 0 Å². The van der Waals surface area contributed by atoms with Gasteiger partial charge < -0.3 is 4.52 Å². The summed E-state index contributed by atoms with van der Waals surface area (Å²) in [6, 6.07) is 8.55. The molecule has 5 nitrogen and oxygen atoms in total. The van der Waals surface area contributed by atoms with Gasteiger partial charge in [-0.15, -0.1) is 0 Å². The van der Waals surface area contributed by atoms with Gasteiger partial charge in [0.2, 0.25) is 0 Å². The maximum absolute atomic E-state index is 12.5. The molecule has 1 aromatic rings. The summed E-state index contributed by atoms with van der Waals surface area (Å²) in [5.74, 6) is 0.481. The zero-order chi connectivity index (χ0) is 13.1. The minimum absolute atomic E-state index is 0.481. The lowest BCUT2D eigenvalue weighted by atomic mass is 10.2. The van der Waals surface area contributed by atoms with E-state index in [4.69, 9.17) is 9.79 Å². The average Bonchev–Trinajstić information content (AvgIpc) is 2.29. The van der Waals surface area contributed by atoms with Crippen LogP contribution in [0.1, 0.15) is 5.56 Å². The van der Waals surface area contributed by atoms with Crippen LogP contribution in [0.3, 0.4) is 0 Å². The van der Waals surface area contributed by atoms with Crippen molar-refractivity contribution in [1.82, 2.24) is 9.34 Å². The van der Waals surface area contributed by atoms with Crippen molar-refractivity contribution in [2.45, 2.75) is 0 Å². The summed E-state index contributed by atoms with van der Waals surface area (Å²) in [5, 5.41) is 8.68. The van der Waals surface area contributed by atoms with E-state index in [1.165, 1.54) is 0 Å². The molecule has 92 valence electrons. The van der Waals surface area contributed by atoms with Crippen LogP contribution >= 0.6 is 7.67 Å². The van der Waals surface area contributed by atoms with Gasteiger partial charge in [-0.1, -0.05) is 0 Å². The molecule has 0 unspecified atom stereocenters. The third-order valence-corrected chi connectivity index (χ3v) is 4.69. The molecule has 0 spiro atoms. The number of hydrogen-bond acceptors (Lipinski definition) is 3. The maximum atomic E-state index is 12.5. The molecule has 0 heterocycles. The summed E-state index contributed by atoms with van der Waals surface area (Å²) in [6.07, 6.45) is 0. The van der Waals surface area contributed by atoms with Crippen LogP contribution in [0, 0.1) is 11.3 Å². The molecule has 0 aromatic heterocycles. The Morgan fingerprint density at radius 1 is 1.12 bits per heavy atom. The second-order valence-corrected chi connectivity index (χ2v) is 6.68. The first-order chi connectivity index (χ1) is 7.90. The summed E-state index contributed by atoms with van der Waals surface area (Å²) in [6.45, 7) is 0. The predicted octanol–water partition coefficient (Wildman–Crippen LogP) is 2.17. The minimum atomic E-state index is -3.02. The van der Waals surface area contributed by atoms with E-state index in [9.17, 15) is 4.57 Å². The zero-order valence-corrected chi connectivity index (χ0v) is 11.3. The fourth-order valence-corrected chi connectivity index (χ4v) is 2.69.